The molecule has 2 aliphatic rings. The average Bonchev–Trinajstić information content (AvgIpc) is 2.89. The topological polar surface area (TPSA) is 51.2 Å². The Labute approximate surface area is 137 Å². The van der Waals surface area contributed by atoms with Crippen molar-refractivity contribution >= 4 is 22.4 Å². The molecule has 4 heteroatoms. The molecule has 0 bridgehead atoms. The minimum absolute atomic E-state index is 0.0320. The van der Waals surface area contributed by atoms with Crippen LogP contribution in [0.4, 0.5) is 0 Å². The molecule has 0 amide bonds. The average molecular weight is 324 g/mol. The standard InChI is InChI=1S/C19H16O3S/c20-12-9-10-18(17(21)11-12)23(22)19-15-7-3-1-5-13(15)14-6-2-4-8-16(14)19/h1-8,18-19H,9-11H2. The highest BCUT2D eigenvalue weighted by atomic mass is 32.2. The third-order valence-electron chi connectivity index (χ3n) is 4.71. The SMILES string of the molecule is O=C1CCC(S(=O)C2c3ccccc3-c3ccccc32)C(=O)C1. The van der Waals surface area contributed by atoms with Gasteiger partial charge in [0.15, 0.2) is 5.78 Å². The summed E-state index contributed by atoms with van der Waals surface area (Å²) >= 11 is 0. The quantitative estimate of drug-likeness (QED) is 0.797. The molecule has 23 heavy (non-hydrogen) atoms. The number of benzene rings is 2. The van der Waals surface area contributed by atoms with E-state index in [4.69, 9.17) is 0 Å². The van der Waals surface area contributed by atoms with Crippen molar-refractivity contribution < 1.29 is 13.8 Å². The third-order valence-corrected chi connectivity index (χ3v) is 6.74. The maximum absolute atomic E-state index is 13.2. The number of fused-ring (bicyclic) bond motifs is 3. The van der Waals surface area contributed by atoms with Crippen molar-refractivity contribution in [2.75, 3.05) is 0 Å². The molecule has 2 unspecified atom stereocenters. The molecule has 0 spiro atoms. The number of ketones is 2. The number of Topliss-reactive ketones (excluding diaryl/α,β-unsaturated/α-hetero) is 2. The van der Waals surface area contributed by atoms with E-state index in [1.54, 1.807) is 0 Å². The second-order valence-electron chi connectivity index (χ2n) is 6.09. The van der Waals surface area contributed by atoms with Crippen LogP contribution in [-0.4, -0.2) is 21.0 Å². The van der Waals surface area contributed by atoms with Crippen LogP contribution in [0.2, 0.25) is 0 Å². The van der Waals surface area contributed by atoms with Gasteiger partial charge in [-0.25, -0.2) is 0 Å². The van der Waals surface area contributed by atoms with Crippen LogP contribution >= 0.6 is 0 Å². The number of rotatable bonds is 2. The summed E-state index contributed by atoms with van der Waals surface area (Å²) in [6.45, 7) is 0. The molecule has 0 aliphatic heterocycles. The highest BCUT2D eigenvalue weighted by molar-refractivity contribution is 7.87. The molecule has 2 aromatic carbocycles. The third kappa shape index (κ3) is 2.29. The lowest BCUT2D eigenvalue weighted by Gasteiger charge is -2.23. The van der Waals surface area contributed by atoms with Crippen molar-refractivity contribution in [3.63, 3.8) is 0 Å². The van der Waals surface area contributed by atoms with Crippen molar-refractivity contribution in [3.05, 3.63) is 59.7 Å². The monoisotopic (exact) mass is 324 g/mol. The van der Waals surface area contributed by atoms with Crippen molar-refractivity contribution in [1.82, 2.24) is 0 Å². The van der Waals surface area contributed by atoms with Gasteiger partial charge in [-0.05, 0) is 28.7 Å². The fourth-order valence-corrected chi connectivity index (χ4v) is 5.55. The molecule has 0 heterocycles. The van der Waals surface area contributed by atoms with Gasteiger partial charge < -0.3 is 0 Å². The lowest BCUT2D eigenvalue weighted by molar-refractivity contribution is -0.129. The van der Waals surface area contributed by atoms with Crippen LogP contribution in [0.5, 0.6) is 0 Å². The molecule has 2 aliphatic carbocycles. The predicted octanol–water partition coefficient (Wildman–Crippen LogP) is 3.20. The van der Waals surface area contributed by atoms with E-state index >= 15 is 0 Å². The first-order chi connectivity index (χ1) is 11.2. The Bertz CT molecular complexity index is 795. The molecular formula is C19H16O3S. The lowest BCUT2D eigenvalue weighted by Crippen LogP contribution is -2.35. The summed E-state index contributed by atoms with van der Waals surface area (Å²) in [5.41, 5.74) is 4.25. The summed E-state index contributed by atoms with van der Waals surface area (Å²) < 4.78 is 13.2. The van der Waals surface area contributed by atoms with Gasteiger partial charge in [0.05, 0.1) is 16.9 Å². The predicted molar refractivity (Wildman–Crippen MR) is 89.5 cm³/mol. The molecule has 1 saturated carbocycles. The zero-order chi connectivity index (χ0) is 16.0. The molecule has 2 atom stereocenters. The molecule has 116 valence electrons. The molecule has 0 aromatic heterocycles. The first-order valence-electron chi connectivity index (χ1n) is 7.79. The Hall–Kier alpha value is -2.07. The van der Waals surface area contributed by atoms with Crippen molar-refractivity contribution in [1.29, 1.82) is 0 Å². The van der Waals surface area contributed by atoms with Gasteiger partial charge in [-0.1, -0.05) is 48.5 Å². The van der Waals surface area contributed by atoms with Crippen LogP contribution in [0.25, 0.3) is 11.1 Å². The molecule has 1 fully saturated rings. The van der Waals surface area contributed by atoms with E-state index in [-0.39, 0.29) is 23.2 Å². The van der Waals surface area contributed by atoms with Crippen molar-refractivity contribution in [3.8, 4) is 11.1 Å². The summed E-state index contributed by atoms with van der Waals surface area (Å²) in [4.78, 5) is 23.7. The Morgan fingerprint density at radius 3 is 2.00 bits per heavy atom. The van der Waals surface area contributed by atoms with Crippen LogP contribution in [0, 0.1) is 0 Å². The van der Waals surface area contributed by atoms with Crippen LogP contribution in [0.3, 0.4) is 0 Å². The normalized spacial score (nSPS) is 21.8. The van der Waals surface area contributed by atoms with Gasteiger partial charge in [-0.15, -0.1) is 0 Å². The molecule has 0 saturated heterocycles. The van der Waals surface area contributed by atoms with E-state index in [1.165, 1.54) is 0 Å². The first-order valence-corrected chi connectivity index (χ1v) is 9.06. The van der Waals surface area contributed by atoms with Crippen LogP contribution in [0.15, 0.2) is 48.5 Å². The first kappa shape index (κ1) is 14.5. The molecule has 2 aromatic rings. The van der Waals surface area contributed by atoms with E-state index in [0.717, 1.165) is 22.3 Å². The van der Waals surface area contributed by atoms with Gasteiger partial charge in [0.25, 0.3) is 0 Å². The van der Waals surface area contributed by atoms with Crippen molar-refractivity contribution in [2.45, 2.75) is 29.8 Å². The Morgan fingerprint density at radius 2 is 1.43 bits per heavy atom. The number of hydrogen-bond donors (Lipinski definition) is 0. The number of carbonyl (C=O) groups is 2. The molecular weight excluding hydrogens is 308 g/mol. The van der Waals surface area contributed by atoms with Crippen molar-refractivity contribution in [2.24, 2.45) is 0 Å². The highest BCUT2D eigenvalue weighted by Gasteiger charge is 2.40. The Kier molecular flexibility index (Phi) is 3.49. The zero-order valence-electron chi connectivity index (χ0n) is 12.5. The number of carbonyl (C=O) groups excluding carboxylic acids is 2. The van der Waals surface area contributed by atoms with E-state index in [0.29, 0.717) is 12.8 Å². The maximum atomic E-state index is 13.2. The molecule has 0 N–H and O–H groups in total. The summed E-state index contributed by atoms with van der Waals surface area (Å²) in [7, 11) is -1.35. The van der Waals surface area contributed by atoms with Gasteiger partial charge in [0.2, 0.25) is 0 Å². The summed E-state index contributed by atoms with van der Waals surface area (Å²) in [5.74, 6) is -0.197. The number of hydrogen-bond acceptors (Lipinski definition) is 3. The van der Waals surface area contributed by atoms with Gasteiger partial charge in [-0.3, -0.25) is 13.8 Å². The van der Waals surface area contributed by atoms with Crippen LogP contribution in [-0.2, 0) is 20.4 Å². The summed E-state index contributed by atoms with van der Waals surface area (Å²) in [6, 6.07) is 15.9. The van der Waals surface area contributed by atoms with Gasteiger partial charge in [-0.2, -0.15) is 0 Å². The molecule has 3 nitrogen and oxygen atoms in total. The fourth-order valence-electron chi connectivity index (χ4n) is 3.62. The van der Waals surface area contributed by atoms with E-state index in [2.05, 4.69) is 0 Å². The summed E-state index contributed by atoms with van der Waals surface area (Å²) in [5, 5.41) is -0.804. The van der Waals surface area contributed by atoms with Crippen LogP contribution < -0.4 is 0 Å². The second kappa shape index (κ2) is 5.53. The highest BCUT2D eigenvalue weighted by Crippen LogP contribution is 2.47. The second-order valence-corrected chi connectivity index (χ2v) is 7.79. The minimum atomic E-state index is -1.35. The molecule has 4 rings (SSSR count). The fraction of sp³-hybridized carbons (Fsp3) is 0.263. The minimum Gasteiger partial charge on any atom is -0.299 e. The largest absolute Gasteiger partial charge is 0.299 e. The Morgan fingerprint density at radius 1 is 0.870 bits per heavy atom. The van der Waals surface area contributed by atoms with Crippen LogP contribution in [0.1, 0.15) is 35.6 Å². The Balaban J connectivity index is 1.78. The zero-order valence-corrected chi connectivity index (χ0v) is 13.3. The van der Waals surface area contributed by atoms with Gasteiger partial charge in [0.1, 0.15) is 5.78 Å². The molecule has 0 radical (unpaired) electrons. The van der Waals surface area contributed by atoms with Gasteiger partial charge >= 0.3 is 0 Å². The smallest absolute Gasteiger partial charge is 0.155 e. The maximum Gasteiger partial charge on any atom is 0.155 e. The summed E-state index contributed by atoms with van der Waals surface area (Å²) in [6.07, 6.45) is 0.704. The lowest BCUT2D eigenvalue weighted by atomic mass is 9.98. The van der Waals surface area contributed by atoms with E-state index < -0.39 is 16.0 Å². The van der Waals surface area contributed by atoms with E-state index in [9.17, 15) is 13.8 Å². The van der Waals surface area contributed by atoms with E-state index in [1.807, 2.05) is 48.5 Å². The van der Waals surface area contributed by atoms with Gasteiger partial charge in [0, 0.05) is 17.2 Å².